The standard InChI is InChI=1S/C31H34N3O3/c1-21(2)17-26-29(37-20-22-9-7-6-8-10-22)30(36)33-27(32-26)19-34-16-15-24(18-28(34)35)23-11-13-25(14-12-23)31(3,4)5/h6-16,18H,17,19-20H2,1-5H3,(H,32,33,36). The highest BCUT2D eigenvalue weighted by Gasteiger charge is 2.18. The number of hydrogen-bond donors (Lipinski definition) is 1. The third kappa shape index (κ3) is 6.64. The number of ether oxygens (including phenoxy) is 1. The van der Waals surface area contributed by atoms with Crippen LogP contribution in [0, 0.1) is 5.92 Å². The van der Waals surface area contributed by atoms with E-state index in [1.54, 1.807) is 16.8 Å². The highest BCUT2D eigenvalue weighted by atomic mass is 16.5. The van der Waals surface area contributed by atoms with Crippen LogP contribution in [0.2, 0.25) is 0 Å². The van der Waals surface area contributed by atoms with Gasteiger partial charge in [0.2, 0.25) is 5.75 Å². The molecule has 0 unspecified atom stereocenters. The highest BCUT2D eigenvalue weighted by molar-refractivity contribution is 5.63. The van der Waals surface area contributed by atoms with E-state index in [1.807, 2.05) is 62.4 Å². The Hall–Kier alpha value is -3.93. The maximum atomic E-state index is 12.9. The lowest BCUT2D eigenvalue weighted by molar-refractivity contribution is 0.278. The van der Waals surface area contributed by atoms with Crippen LogP contribution in [0.3, 0.4) is 0 Å². The van der Waals surface area contributed by atoms with Crippen LogP contribution >= 0.6 is 0 Å². The summed E-state index contributed by atoms with van der Waals surface area (Å²) in [7, 11) is 0. The summed E-state index contributed by atoms with van der Waals surface area (Å²) >= 11 is 0. The van der Waals surface area contributed by atoms with Crippen molar-refractivity contribution in [2.45, 2.75) is 59.6 Å². The van der Waals surface area contributed by atoms with Gasteiger partial charge in [0.25, 0.3) is 11.4 Å². The Labute approximate surface area is 218 Å². The molecule has 0 amide bonds. The van der Waals surface area contributed by atoms with Crippen molar-refractivity contribution in [3.63, 3.8) is 0 Å². The summed E-state index contributed by atoms with van der Waals surface area (Å²) < 4.78 is 7.46. The van der Waals surface area contributed by atoms with Gasteiger partial charge < -0.3 is 14.4 Å². The van der Waals surface area contributed by atoms with Crippen molar-refractivity contribution >= 4 is 0 Å². The first-order valence-electron chi connectivity index (χ1n) is 12.5. The van der Waals surface area contributed by atoms with Crippen molar-refractivity contribution in [2.75, 3.05) is 0 Å². The predicted octanol–water partition coefficient (Wildman–Crippen LogP) is 6.09. The summed E-state index contributed by atoms with van der Waals surface area (Å²) in [6.45, 7) is 11.0. The smallest absolute Gasteiger partial charge is 0.258 e. The molecule has 2 heterocycles. The van der Waals surface area contributed by atoms with E-state index in [2.05, 4.69) is 42.9 Å². The van der Waals surface area contributed by atoms with Crippen molar-refractivity contribution in [2.24, 2.45) is 0 Å². The van der Waals surface area contributed by atoms with Crippen molar-refractivity contribution in [1.82, 2.24) is 14.5 Å². The van der Waals surface area contributed by atoms with Gasteiger partial charge in [-0.25, -0.2) is 4.98 Å². The Morgan fingerprint density at radius 2 is 1.65 bits per heavy atom. The summed E-state index contributed by atoms with van der Waals surface area (Å²) in [5.74, 6) is 1.52. The number of rotatable bonds is 8. The van der Waals surface area contributed by atoms with Gasteiger partial charge in [-0.2, -0.15) is 4.98 Å². The lowest BCUT2D eigenvalue weighted by Gasteiger charge is -2.19. The van der Waals surface area contributed by atoms with E-state index < -0.39 is 0 Å². The molecule has 2 aromatic carbocycles. The fourth-order valence-corrected chi connectivity index (χ4v) is 4.07. The Morgan fingerprint density at radius 1 is 0.946 bits per heavy atom. The van der Waals surface area contributed by atoms with Gasteiger partial charge in [-0.3, -0.25) is 4.79 Å². The molecule has 0 bridgehead atoms. The summed E-state index contributed by atoms with van der Waals surface area (Å²) in [4.78, 5) is 21.8. The van der Waals surface area contributed by atoms with Crippen molar-refractivity contribution in [3.05, 3.63) is 112 Å². The molecular formula is C31H34N3O3. The van der Waals surface area contributed by atoms with Crippen molar-refractivity contribution in [1.29, 1.82) is 0 Å². The molecule has 0 atom stereocenters. The zero-order chi connectivity index (χ0) is 26.6. The maximum Gasteiger partial charge on any atom is 0.258 e. The minimum Gasteiger partial charge on any atom is -0.491 e. The number of aromatic nitrogens is 3. The summed E-state index contributed by atoms with van der Waals surface area (Å²) in [5.41, 5.74) is 4.57. The van der Waals surface area contributed by atoms with Crippen LogP contribution in [0.4, 0.5) is 0 Å². The molecule has 6 heteroatoms. The first-order chi connectivity index (χ1) is 17.6. The monoisotopic (exact) mass is 496 g/mol. The van der Waals surface area contributed by atoms with Gasteiger partial charge in [-0.15, -0.1) is 0 Å². The molecule has 0 spiro atoms. The molecule has 1 radical (unpaired) electrons. The predicted molar refractivity (Wildman–Crippen MR) is 147 cm³/mol. The molecular weight excluding hydrogens is 462 g/mol. The molecule has 0 aliphatic heterocycles. The van der Waals surface area contributed by atoms with E-state index in [0.29, 0.717) is 24.5 Å². The third-order valence-electron chi connectivity index (χ3n) is 6.10. The Balaban J connectivity index is 1.56. The van der Waals surface area contributed by atoms with Gasteiger partial charge >= 0.3 is 0 Å². The van der Waals surface area contributed by atoms with Crippen LogP contribution in [-0.4, -0.2) is 19.6 Å². The summed E-state index contributed by atoms with van der Waals surface area (Å²) in [5, 5.41) is 10.7. The summed E-state index contributed by atoms with van der Waals surface area (Å²) in [6, 6.07) is 21.6. The topological polar surface area (TPSA) is 77.2 Å². The second kappa shape index (κ2) is 11.0. The number of hydrogen-bond acceptors (Lipinski definition) is 5. The molecule has 0 saturated heterocycles. The summed E-state index contributed by atoms with van der Waals surface area (Å²) in [6.07, 6.45) is 2.28. The maximum absolute atomic E-state index is 12.9. The molecule has 0 aliphatic carbocycles. The second-order valence-corrected chi connectivity index (χ2v) is 10.6. The van der Waals surface area contributed by atoms with E-state index in [0.717, 1.165) is 22.6 Å². The largest absolute Gasteiger partial charge is 0.491 e. The van der Waals surface area contributed by atoms with Crippen LogP contribution in [0.15, 0.2) is 77.7 Å². The van der Waals surface area contributed by atoms with Crippen LogP contribution in [0.1, 0.15) is 57.3 Å². The first kappa shape index (κ1) is 26.1. The van der Waals surface area contributed by atoms with Gasteiger partial charge in [0.1, 0.15) is 6.61 Å². The lowest BCUT2D eigenvalue weighted by atomic mass is 9.86. The highest BCUT2D eigenvalue weighted by Crippen LogP contribution is 2.30. The molecule has 4 rings (SSSR count). The minimum absolute atomic E-state index is 0.0720. The zero-order valence-corrected chi connectivity index (χ0v) is 22.2. The van der Waals surface area contributed by atoms with E-state index in [1.165, 1.54) is 5.56 Å². The molecule has 6 nitrogen and oxygen atoms in total. The average molecular weight is 497 g/mol. The number of nitrogens with zero attached hydrogens (tertiary/aromatic N) is 3. The Morgan fingerprint density at radius 3 is 2.27 bits per heavy atom. The van der Waals surface area contributed by atoms with Crippen molar-refractivity contribution < 1.29 is 9.84 Å². The van der Waals surface area contributed by atoms with Gasteiger partial charge in [-0.1, -0.05) is 89.2 Å². The molecule has 191 valence electrons. The van der Waals surface area contributed by atoms with Gasteiger partial charge in [0.05, 0.1) is 12.2 Å². The molecule has 4 aromatic rings. The van der Waals surface area contributed by atoms with E-state index in [9.17, 15) is 9.90 Å². The van der Waals surface area contributed by atoms with Crippen LogP contribution in [0.25, 0.3) is 11.1 Å². The molecule has 1 N–H and O–H groups in total. The number of pyridine rings is 1. The van der Waals surface area contributed by atoms with E-state index in [4.69, 9.17) is 4.74 Å². The molecule has 0 saturated carbocycles. The second-order valence-electron chi connectivity index (χ2n) is 10.6. The van der Waals surface area contributed by atoms with E-state index >= 15 is 0 Å². The number of benzene rings is 2. The molecule has 0 fully saturated rings. The Bertz CT molecular complexity index is 1400. The van der Waals surface area contributed by atoms with Gasteiger partial charge in [0, 0.05) is 12.3 Å². The zero-order valence-electron chi connectivity index (χ0n) is 22.2. The van der Waals surface area contributed by atoms with Crippen LogP contribution in [0.5, 0.6) is 11.6 Å². The fourth-order valence-electron chi connectivity index (χ4n) is 4.07. The third-order valence-corrected chi connectivity index (χ3v) is 6.10. The van der Waals surface area contributed by atoms with Gasteiger partial charge in [0.15, 0.2) is 5.82 Å². The minimum atomic E-state index is -0.221. The first-order valence-corrected chi connectivity index (χ1v) is 12.5. The quantitative estimate of drug-likeness (QED) is 0.319. The van der Waals surface area contributed by atoms with E-state index in [-0.39, 0.29) is 29.1 Å². The average Bonchev–Trinajstić information content (AvgIpc) is 2.84. The molecule has 37 heavy (non-hydrogen) atoms. The Kier molecular flexibility index (Phi) is 7.77. The SMILES string of the molecule is C[C](C)Cc1nc(Cn2ccc(-c3ccc(C(C)(C)C)cc3)cc2=O)nc(O)c1OCc1ccccc1. The molecule has 2 aromatic heterocycles. The van der Waals surface area contributed by atoms with Crippen LogP contribution < -0.4 is 10.3 Å². The van der Waals surface area contributed by atoms with Crippen LogP contribution in [-0.2, 0) is 25.0 Å². The lowest BCUT2D eigenvalue weighted by Crippen LogP contribution is -2.21. The van der Waals surface area contributed by atoms with Crippen molar-refractivity contribution in [3.8, 4) is 22.8 Å². The number of aromatic hydroxyl groups is 1. The normalized spacial score (nSPS) is 11.6. The fraction of sp³-hybridized carbons (Fsp3) is 0.290. The molecule has 0 aliphatic rings. The van der Waals surface area contributed by atoms with Gasteiger partial charge in [-0.05, 0) is 46.1 Å².